The van der Waals surface area contributed by atoms with Gasteiger partial charge in [0, 0.05) is 32.2 Å². The molecule has 6 nitrogen and oxygen atoms in total. The molecule has 3 rings (SSSR count). The summed E-state index contributed by atoms with van der Waals surface area (Å²) in [6.45, 7) is 1.44. The number of hydrogen-bond donors (Lipinski definition) is 1. The van der Waals surface area contributed by atoms with Crippen LogP contribution in [-0.4, -0.2) is 58.6 Å². The molecular weight excluding hydrogens is 394 g/mol. The molecule has 1 aliphatic heterocycles. The number of ether oxygens (including phenoxy) is 4. The van der Waals surface area contributed by atoms with E-state index in [-0.39, 0.29) is 17.5 Å². The van der Waals surface area contributed by atoms with Gasteiger partial charge in [-0.3, -0.25) is 4.90 Å². The summed E-state index contributed by atoms with van der Waals surface area (Å²) in [6, 6.07) is 13.3. The molecule has 0 bridgehead atoms. The van der Waals surface area contributed by atoms with Crippen molar-refractivity contribution in [3.63, 3.8) is 0 Å². The highest BCUT2D eigenvalue weighted by atomic mass is 19.3. The maximum absolute atomic E-state index is 12.7. The number of rotatable bonds is 10. The van der Waals surface area contributed by atoms with Crippen LogP contribution in [0.15, 0.2) is 42.5 Å². The second kappa shape index (κ2) is 11.1. The summed E-state index contributed by atoms with van der Waals surface area (Å²) >= 11 is 0. The molecule has 2 aromatic rings. The Morgan fingerprint density at radius 2 is 1.73 bits per heavy atom. The van der Waals surface area contributed by atoms with Crippen LogP contribution in [0.5, 0.6) is 17.2 Å². The molecule has 0 amide bonds. The third-order valence-electron chi connectivity index (χ3n) is 5.10. The summed E-state index contributed by atoms with van der Waals surface area (Å²) < 4.78 is 45.7. The second-order valence-corrected chi connectivity index (χ2v) is 6.93. The van der Waals surface area contributed by atoms with Gasteiger partial charge in [-0.25, -0.2) is 0 Å². The highest BCUT2D eigenvalue weighted by Gasteiger charge is 2.22. The van der Waals surface area contributed by atoms with E-state index in [0.29, 0.717) is 26.3 Å². The summed E-state index contributed by atoms with van der Waals surface area (Å²) in [7, 11) is 3.07. The molecule has 0 spiro atoms. The smallest absolute Gasteiger partial charge is 0.387 e. The van der Waals surface area contributed by atoms with Crippen molar-refractivity contribution in [1.29, 1.82) is 0 Å². The van der Waals surface area contributed by atoms with E-state index in [0.717, 1.165) is 24.4 Å². The van der Waals surface area contributed by atoms with Gasteiger partial charge in [0.2, 0.25) is 0 Å². The molecule has 164 valence electrons. The lowest BCUT2D eigenvalue weighted by Crippen LogP contribution is -2.42. The van der Waals surface area contributed by atoms with Crippen LogP contribution in [0.1, 0.15) is 17.2 Å². The Hall–Kier alpha value is -2.42. The van der Waals surface area contributed by atoms with E-state index in [1.54, 1.807) is 19.2 Å². The zero-order valence-corrected chi connectivity index (χ0v) is 17.3. The monoisotopic (exact) mass is 422 g/mol. The molecule has 30 heavy (non-hydrogen) atoms. The van der Waals surface area contributed by atoms with Crippen molar-refractivity contribution >= 4 is 0 Å². The first-order valence-electron chi connectivity index (χ1n) is 9.89. The maximum Gasteiger partial charge on any atom is 0.387 e. The summed E-state index contributed by atoms with van der Waals surface area (Å²) in [5.41, 5.74) is 2.02. The Bertz CT molecular complexity index is 783. The maximum atomic E-state index is 12.7. The SMILES string of the molecule is COc1ccc([C@@H](CNCc2ccc(OC)c(OC(F)F)c2)N2CCOCC2)cc1. The first kappa shape index (κ1) is 22.3. The zero-order valence-electron chi connectivity index (χ0n) is 17.3. The molecule has 0 radical (unpaired) electrons. The summed E-state index contributed by atoms with van der Waals surface area (Å²) in [5, 5.41) is 3.45. The van der Waals surface area contributed by atoms with Gasteiger partial charge in [-0.15, -0.1) is 0 Å². The number of hydrogen-bond acceptors (Lipinski definition) is 6. The average molecular weight is 422 g/mol. The Labute approximate surface area is 175 Å². The van der Waals surface area contributed by atoms with Crippen LogP contribution in [0.3, 0.4) is 0 Å². The van der Waals surface area contributed by atoms with Crippen molar-refractivity contribution in [3.8, 4) is 17.2 Å². The molecule has 1 fully saturated rings. The third-order valence-corrected chi connectivity index (χ3v) is 5.10. The largest absolute Gasteiger partial charge is 0.497 e. The highest BCUT2D eigenvalue weighted by Crippen LogP contribution is 2.30. The molecule has 1 N–H and O–H groups in total. The lowest BCUT2D eigenvalue weighted by Gasteiger charge is -2.35. The zero-order chi connectivity index (χ0) is 21.3. The van der Waals surface area contributed by atoms with Gasteiger partial charge in [0.1, 0.15) is 5.75 Å². The minimum Gasteiger partial charge on any atom is -0.497 e. The predicted octanol–water partition coefficient (Wildman–Crippen LogP) is 3.47. The topological polar surface area (TPSA) is 52.2 Å². The highest BCUT2D eigenvalue weighted by molar-refractivity contribution is 5.43. The fourth-order valence-corrected chi connectivity index (χ4v) is 3.55. The van der Waals surface area contributed by atoms with Gasteiger partial charge in [0.25, 0.3) is 0 Å². The summed E-state index contributed by atoms with van der Waals surface area (Å²) in [5.74, 6) is 1.13. The number of alkyl halides is 2. The number of nitrogens with zero attached hydrogens (tertiary/aromatic N) is 1. The Morgan fingerprint density at radius 1 is 1.00 bits per heavy atom. The summed E-state index contributed by atoms with van der Waals surface area (Å²) in [6.07, 6.45) is 0. The van der Waals surface area contributed by atoms with Crippen LogP contribution in [0.25, 0.3) is 0 Å². The molecule has 0 unspecified atom stereocenters. The molecule has 1 heterocycles. The summed E-state index contributed by atoms with van der Waals surface area (Å²) in [4.78, 5) is 2.39. The quantitative estimate of drug-likeness (QED) is 0.633. The molecule has 1 atom stereocenters. The van der Waals surface area contributed by atoms with Crippen LogP contribution < -0.4 is 19.5 Å². The van der Waals surface area contributed by atoms with Gasteiger partial charge in [0.05, 0.1) is 27.4 Å². The molecular formula is C22H28F2N2O4. The number of methoxy groups -OCH3 is 2. The van der Waals surface area contributed by atoms with Gasteiger partial charge in [-0.2, -0.15) is 8.78 Å². The average Bonchev–Trinajstić information content (AvgIpc) is 2.77. The van der Waals surface area contributed by atoms with Gasteiger partial charge in [-0.05, 0) is 35.4 Å². The third kappa shape index (κ3) is 6.04. The van der Waals surface area contributed by atoms with Crippen molar-refractivity contribution in [2.24, 2.45) is 0 Å². The van der Waals surface area contributed by atoms with Crippen LogP contribution in [-0.2, 0) is 11.3 Å². The van der Waals surface area contributed by atoms with Crippen LogP contribution in [0.2, 0.25) is 0 Å². The number of nitrogens with one attached hydrogen (secondary N) is 1. The Balaban J connectivity index is 1.67. The molecule has 2 aromatic carbocycles. The fraction of sp³-hybridized carbons (Fsp3) is 0.455. The minimum atomic E-state index is -2.90. The van der Waals surface area contributed by atoms with Crippen LogP contribution in [0, 0.1) is 0 Å². The molecule has 0 aliphatic carbocycles. The van der Waals surface area contributed by atoms with Gasteiger partial charge < -0.3 is 24.3 Å². The molecule has 0 aromatic heterocycles. The standard InChI is InChI=1S/C22H28F2N2O4/c1-27-18-6-4-17(5-7-18)19(26-9-11-29-12-10-26)15-25-14-16-3-8-20(28-2)21(13-16)30-22(23)24/h3-8,13,19,22,25H,9-12,14-15H2,1-2H3/t19-/m1/s1. The molecule has 1 aliphatic rings. The lowest BCUT2D eigenvalue weighted by molar-refractivity contribution is -0.0512. The normalized spacial score (nSPS) is 15.8. The number of halogens is 2. The van der Waals surface area contributed by atoms with E-state index in [4.69, 9.17) is 14.2 Å². The first-order valence-corrected chi connectivity index (χ1v) is 9.89. The Morgan fingerprint density at radius 3 is 2.37 bits per heavy atom. The van der Waals surface area contributed by atoms with E-state index in [1.807, 2.05) is 18.2 Å². The van der Waals surface area contributed by atoms with Gasteiger partial charge in [-0.1, -0.05) is 18.2 Å². The van der Waals surface area contributed by atoms with Gasteiger partial charge in [0.15, 0.2) is 11.5 Å². The molecule has 8 heteroatoms. The van der Waals surface area contributed by atoms with Crippen molar-refractivity contribution < 1.29 is 27.7 Å². The van der Waals surface area contributed by atoms with E-state index >= 15 is 0 Å². The lowest BCUT2D eigenvalue weighted by atomic mass is 10.0. The molecule has 1 saturated heterocycles. The predicted molar refractivity (Wildman–Crippen MR) is 109 cm³/mol. The minimum absolute atomic E-state index is 0.0340. The van der Waals surface area contributed by atoms with E-state index in [9.17, 15) is 8.78 Å². The number of benzene rings is 2. The Kier molecular flexibility index (Phi) is 8.24. The van der Waals surface area contributed by atoms with Crippen LogP contribution >= 0.6 is 0 Å². The van der Waals surface area contributed by atoms with Crippen molar-refractivity contribution in [3.05, 3.63) is 53.6 Å². The van der Waals surface area contributed by atoms with Crippen molar-refractivity contribution in [1.82, 2.24) is 10.2 Å². The van der Waals surface area contributed by atoms with Crippen molar-refractivity contribution in [2.75, 3.05) is 47.1 Å². The second-order valence-electron chi connectivity index (χ2n) is 6.93. The van der Waals surface area contributed by atoms with Crippen molar-refractivity contribution in [2.45, 2.75) is 19.2 Å². The van der Waals surface area contributed by atoms with E-state index in [1.165, 1.54) is 12.7 Å². The van der Waals surface area contributed by atoms with Gasteiger partial charge >= 0.3 is 6.61 Å². The van der Waals surface area contributed by atoms with Crippen LogP contribution in [0.4, 0.5) is 8.78 Å². The first-order chi connectivity index (χ1) is 14.6. The van der Waals surface area contributed by atoms with E-state index in [2.05, 4.69) is 27.1 Å². The van der Waals surface area contributed by atoms with E-state index < -0.39 is 6.61 Å². The fourth-order valence-electron chi connectivity index (χ4n) is 3.55. The molecule has 0 saturated carbocycles. The number of morpholine rings is 1.